The lowest BCUT2D eigenvalue weighted by Gasteiger charge is -2.06. The summed E-state index contributed by atoms with van der Waals surface area (Å²) < 4.78 is 7.49. The van der Waals surface area contributed by atoms with Gasteiger partial charge in [0, 0.05) is 21.2 Å². The van der Waals surface area contributed by atoms with E-state index >= 15 is 0 Å². The third kappa shape index (κ3) is 5.07. The third-order valence-corrected chi connectivity index (χ3v) is 6.83. The number of hydrogen-bond acceptors (Lipinski definition) is 5. The summed E-state index contributed by atoms with van der Waals surface area (Å²) in [6, 6.07) is 21.2. The average Bonchev–Trinajstić information content (AvgIpc) is 3.50. The molecule has 1 amide bonds. The summed E-state index contributed by atoms with van der Waals surface area (Å²) in [5.41, 5.74) is 1.65. The number of aromatic nitrogens is 3. The van der Waals surface area contributed by atoms with Crippen LogP contribution in [0.15, 0.2) is 78.4 Å². The summed E-state index contributed by atoms with van der Waals surface area (Å²) in [5, 5.41) is 12.3. The number of carbonyl (C=O) groups excluding carboxylic acids is 1. The lowest BCUT2D eigenvalue weighted by Crippen LogP contribution is -2.12. The topological polar surface area (TPSA) is 69.0 Å². The lowest BCUT2D eigenvalue weighted by molar-refractivity contribution is 0.102. The molecule has 0 bridgehead atoms. The molecule has 1 N–H and O–H groups in total. The van der Waals surface area contributed by atoms with Gasteiger partial charge in [-0.15, -0.1) is 16.4 Å². The Morgan fingerprint density at radius 2 is 1.79 bits per heavy atom. The summed E-state index contributed by atoms with van der Waals surface area (Å²) in [4.78, 5) is 17.4. The van der Waals surface area contributed by atoms with E-state index in [4.69, 9.17) is 27.9 Å². The molecule has 170 valence electrons. The van der Waals surface area contributed by atoms with Gasteiger partial charge in [-0.05, 0) is 46.5 Å². The molecule has 5 aromatic rings. The van der Waals surface area contributed by atoms with Gasteiger partial charge in [0.05, 0.1) is 11.4 Å². The van der Waals surface area contributed by atoms with Crippen LogP contribution in [-0.4, -0.2) is 20.7 Å². The second-order valence-corrected chi connectivity index (χ2v) is 9.26. The second kappa shape index (κ2) is 9.85. The van der Waals surface area contributed by atoms with E-state index in [9.17, 15) is 4.79 Å². The van der Waals surface area contributed by atoms with Crippen LogP contribution in [0.25, 0.3) is 10.8 Å². The Labute approximate surface area is 209 Å². The standard InChI is InChI=1S/C25H18Cl2N4O2S/c26-21-6-3-7-22(27)20(21)12-31-15-28-25(30-31)29-24(32)23-10-16(14-34-23)13-33-19-9-8-17-4-1-2-5-18(17)11-19/h1-11,14-15H,12-13H2,(H,29,30,32). The predicted molar refractivity (Wildman–Crippen MR) is 136 cm³/mol. The van der Waals surface area contributed by atoms with Crippen LogP contribution in [-0.2, 0) is 13.2 Å². The van der Waals surface area contributed by atoms with Gasteiger partial charge in [-0.3, -0.25) is 10.1 Å². The minimum Gasteiger partial charge on any atom is -0.489 e. The molecule has 9 heteroatoms. The molecule has 2 heterocycles. The fourth-order valence-corrected chi connectivity index (χ4v) is 4.74. The van der Waals surface area contributed by atoms with E-state index in [1.165, 1.54) is 17.7 Å². The highest BCUT2D eigenvalue weighted by Crippen LogP contribution is 2.25. The van der Waals surface area contributed by atoms with Crippen molar-refractivity contribution in [1.82, 2.24) is 14.8 Å². The van der Waals surface area contributed by atoms with Crippen molar-refractivity contribution in [3.05, 3.63) is 104 Å². The number of nitrogens with one attached hydrogen (secondary N) is 1. The number of carbonyl (C=O) groups is 1. The second-order valence-electron chi connectivity index (χ2n) is 7.54. The lowest BCUT2D eigenvalue weighted by atomic mass is 10.1. The van der Waals surface area contributed by atoms with Crippen LogP contribution in [0.1, 0.15) is 20.8 Å². The number of benzene rings is 3. The van der Waals surface area contributed by atoms with Crippen LogP contribution in [0.4, 0.5) is 5.95 Å². The maximum atomic E-state index is 12.7. The number of rotatable bonds is 7. The van der Waals surface area contributed by atoms with Crippen molar-refractivity contribution in [2.24, 2.45) is 0 Å². The van der Waals surface area contributed by atoms with E-state index in [1.807, 2.05) is 47.8 Å². The van der Waals surface area contributed by atoms with E-state index in [0.717, 1.165) is 27.6 Å². The molecule has 0 aliphatic carbocycles. The normalized spacial score (nSPS) is 11.0. The number of hydrogen-bond donors (Lipinski definition) is 1. The SMILES string of the molecule is O=C(Nc1ncn(Cc2c(Cl)cccc2Cl)n1)c1cc(COc2ccc3ccccc3c2)cs1. The van der Waals surface area contributed by atoms with Gasteiger partial charge in [-0.2, -0.15) is 0 Å². The minimum atomic E-state index is -0.282. The monoisotopic (exact) mass is 508 g/mol. The molecule has 2 aromatic heterocycles. The number of halogens is 2. The molecule has 0 aliphatic rings. The zero-order valence-corrected chi connectivity index (χ0v) is 20.1. The van der Waals surface area contributed by atoms with Crippen molar-refractivity contribution < 1.29 is 9.53 Å². The van der Waals surface area contributed by atoms with Gasteiger partial charge < -0.3 is 4.74 Å². The summed E-state index contributed by atoms with van der Waals surface area (Å²) in [6.07, 6.45) is 1.52. The van der Waals surface area contributed by atoms with Gasteiger partial charge in [0.1, 0.15) is 18.7 Å². The van der Waals surface area contributed by atoms with Crippen LogP contribution >= 0.6 is 34.5 Å². The highest BCUT2D eigenvalue weighted by atomic mass is 35.5. The van der Waals surface area contributed by atoms with Crippen LogP contribution in [0.5, 0.6) is 5.75 Å². The maximum Gasteiger partial charge on any atom is 0.268 e. The highest BCUT2D eigenvalue weighted by Gasteiger charge is 2.13. The first-order valence-electron chi connectivity index (χ1n) is 10.4. The molecule has 0 radical (unpaired) electrons. The Morgan fingerprint density at radius 1 is 1.00 bits per heavy atom. The number of ether oxygens (including phenoxy) is 1. The molecule has 34 heavy (non-hydrogen) atoms. The van der Waals surface area contributed by atoms with Crippen molar-refractivity contribution in [2.45, 2.75) is 13.2 Å². The summed E-state index contributed by atoms with van der Waals surface area (Å²) in [5.74, 6) is 0.704. The fourth-order valence-electron chi connectivity index (χ4n) is 3.43. The molecule has 0 unspecified atom stereocenters. The van der Waals surface area contributed by atoms with E-state index in [1.54, 1.807) is 22.9 Å². The molecular weight excluding hydrogens is 491 g/mol. The molecule has 0 spiro atoms. The predicted octanol–water partition coefficient (Wildman–Crippen LogP) is 6.68. The first-order valence-corrected chi connectivity index (χ1v) is 12.0. The number of nitrogens with zero attached hydrogens (tertiary/aromatic N) is 3. The van der Waals surface area contributed by atoms with Crippen molar-refractivity contribution in [2.75, 3.05) is 5.32 Å². The number of anilines is 1. The summed E-state index contributed by atoms with van der Waals surface area (Å²) in [6.45, 7) is 0.713. The van der Waals surface area contributed by atoms with Crippen molar-refractivity contribution in [1.29, 1.82) is 0 Å². The zero-order chi connectivity index (χ0) is 23.5. The van der Waals surface area contributed by atoms with E-state index in [0.29, 0.717) is 28.1 Å². The van der Waals surface area contributed by atoms with Gasteiger partial charge in [-0.25, -0.2) is 9.67 Å². The largest absolute Gasteiger partial charge is 0.489 e. The molecule has 0 fully saturated rings. The fraction of sp³-hybridized carbons (Fsp3) is 0.0800. The minimum absolute atomic E-state index is 0.204. The zero-order valence-electron chi connectivity index (χ0n) is 17.7. The number of thiophene rings is 1. The Bertz CT molecular complexity index is 1460. The Morgan fingerprint density at radius 3 is 2.62 bits per heavy atom. The molecule has 3 aromatic carbocycles. The molecular formula is C25H18Cl2N4O2S. The Kier molecular flexibility index (Phi) is 6.49. The van der Waals surface area contributed by atoms with Gasteiger partial charge >= 0.3 is 0 Å². The van der Waals surface area contributed by atoms with E-state index < -0.39 is 0 Å². The quantitative estimate of drug-likeness (QED) is 0.266. The summed E-state index contributed by atoms with van der Waals surface area (Å²) >= 11 is 13.8. The van der Waals surface area contributed by atoms with Crippen LogP contribution in [0, 0.1) is 0 Å². The van der Waals surface area contributed by atoms with Crippen LogP contribution in [0.3, 0.4) is 0 Å². The molecule has 5 rings (SSSR count). The summed E-state index contributed by atoms with van der Waals surface area (Å²) in [7, 11) is 0. The van der Waals surface area contributed by atoms with E-state index in [-0.39, 0.29) is 11.9 Å². The number of fused-ring (bicyclic) bond motifs is 1. The Balaban J connectivity index is 1.19. The van der Waals surface area contributed by atoms with Crippen molar-refractivity contribution >= 4 is 57.2 Å². The number of amides is 1. The molecule has 0 aliphatic heterocycles. The third-order valence-electron chi connectivity index (χ3n) is 5.15. The molecule has 0 saturated carbocycles. The maximum absolute atomic E-state index is 12.7. The molecule has 6 nitrogen and oxygen atoms in total. The average molecular weight is 509 g/mol. The smallest absolute Gasteiger partial charge is 0.268 e. The first-order chi connectivity index (χ1) is 16.5. The van der Waals surface area contributed by atoms with Gasteiger partial charge in [0.15, 0.2) is 0 Å². The van der Waals surface area contributed by atoms with Crippen LogP contribution < -0.4 is 10.1 Å². The van der Waals surface area contributed by atoms with Crippen LogP contribution in [0.2, 0.25) is 10.0 Å². The van der Waals surface area contributed by atoms with Crippen molar-refractivity contribution in [3.8, 4) is 5.75 Å². The highest BCUT2D eigenvalue weighted by molar-refractivity contribution is 7.12. The Hall–Kier alpha value is -3.39. The van der Waals surface area contributed by atoms with Crippen molar-refractivity contribution in [3.63, 3.8) is 0 Å². The van der Waals surface area contributed by atoms with E-state index in [2.05, 4.69) is 21.5 Å². The molecule has 0 atom stereocenters. The van der Waals surface area contributed by atoms with Gasteiger partial charge in [0.2, 0.25) is 5.95 Å². The molecule has 0 saturated heterocycles. The van der Waals surface area contributed by atoms with Gasteiger partial charge in [-0.1, -0.05) is 59.6 Å². The van der Waals surface area contributed by atoms with Gasteiger partial charge in [0.25, 0.3) is 5.91 Å². The first kappa shape index (κ1) is 22.4.